The third-order valence-electron chi connectivity index (χ3n) is 3.42. The second-order valence-corrected chi connectivity index (χ2v) is 4.92. The van der Waals surface area contributed by atoms with E-state index in [9.17, 15) is 9.18 Å². The van der Waals surface area contributed by atoms with Crippen molar-refractivity contribution in [3.8, 4) is 0 Å². The van der Waals surface area contributed by atoms with Crippen LogP contribution in [0.5, 0.6) is 0 Å². The first-order valence-electron chi connectivity index (χ1n) is 6.53. The molecule has 1 aromatic rings. The number of amides is 1. The van der Waals surface area contributed by atoms with Crippen LogP contribution in [0.2, 0.25) is 0 Å². The second kappa shape index (κ2) is 5.97. The Morgan fingerprint density at radius 2 is 2.11 bits per heavy atom. The van der Waals surface area contributed by atoms with E-state index in [1.807, 2.05) is 18.7 Å². The summed E-state index contributed by atoms with van der Waals surface area (Å²) in [6.45, 7) is 6.30. The Bertz CT molecular complexity index is 481. The summed E-state index contributed by atoms with van der Waals surface area (Å²) in [5.41, 5.74) is 1.73. The molecular formula is C15H19FN2O. The minimum atomic E-state index is -0.265. The Balaban J connectivity index is 2.11. The molecule has 1 amide bonds. The molecule has 0 aromatic heterocycles. The predicted molar refractivity (Wildman–Crippen MR) is 74.1 cm³/mol. The zero-order valence-corrected chi connectivity index (χ0v) is 11.3. The number of benzene rings is 1. The van der Waals surface area contributed by atoms with Gasteiger partial charge in [-0.15, -0.1) is 0 Å². The molecule has 1 aromatic carbocycles. The highest BCUT2D eigenvalue weighted by Crippen LogP contribution is 2.15. The fraction of sp³-hybridized carbons (Fsp3) is 0.400. The number of hydrogen-bond acceptors (Lipinski definition) is 2. The molecule has 1 aliphatic rings. The number of nitrogens with one attached hydrogen (secondary N) is 1. The number of hydrogen-bond donors (Lipinski definition) is 1. The van der Waals surface area contributed by atoms with Crippen LogP contribution >= 0.6 is 0 Å². The Kier molecular flexibility index (Phi) is 4.32. The highest BCUT2D eigenvalue weighted by Gasteiger charge is 2.21. The number of carbonyl (C=O) groups is 1. The summed E-state index contributed by atoms with van der Waals surface area (Å²) < 4.78 is 12.9. The van der Waals surface area contributed by atoms with Gasteiger partial charge in [0.1, 0.15) is 5.82 Å². The lowest BCUT2D eigenvalue weighted by Gasteiger charge is -2.33. The minimum absolute atomic E-state index is 0.0239. The predicted octanol–water partition coefficient (Wildman–Crippen LogP) is 2.05. The van der Waals surface area contributed by atoms with E-state index >= 15 is 0 Å². The lowest BCUT2D eigenvalue weighted by Crippen LogP contribution is -2.51. The van der Waals surface area contributed by atoms with Crippen LogP contribution in [-0.4, -0.2) is 36.5 Å². The fourth-order valence-electron chi connectivity index (χ4n) is 2.23. The Morgan fingerprint density at radius 1 is 1.42 bits per heavy atom. The van der Waals surface area contributed by atoms with Crippen molar-refractivity contribution < 1.29 is 9.18 Å². The number of rotatable bonds is 2. The lowest BCUT2D eigenvalue weighted by atomic mass is 10.1. The molecule has 1 atom stereocenters. The summed E-state index contributed by atoms with van der Waals surface area (Å²) in [6.07, 6.45) is 1.63. The third-order valence-corrected chi connectivity index (χ3v) is 3.42. The van der Waals surface area contributed by atoms with Gasteiger partial charge in [-0.3, -0.25) is 4.79 Å². The molecule has 1 saturated heterocycles. The van der Waals surface area contributed by atoms with Crippen molar-refractivity contribution >= 4 is 11.5 Å². The van der Waals surface area contributed by atoms with Gasteiger partial charge in [-0.05, 0) is 37.1 Å². The second-order valence-electron chi connectivity index (χ2n) is 4.92. The maximum Gasteiger partial charge on any atom is 0.247 e. The quantitative estimate of drug-likeness (QED) is 0.827. The average molecular weight is 262 g/mol. The summed E-state index contributed by atoms with van der Waals surface area (Å²) >= 11 is 0. The molecule has 1 N–H and O–H groups in total. The van der Waals surface area contributed by atoms with Crippen molar-refractivity contribution in [2.24, 2.45) is 0 Å². The van der Waals surface area contributed by atoms with Gasteiger partial charge in [0.2, 0.25) is 5.91 Å². The Labute approximate surface area is 113 Å². The maximum absolute atomic E-state index is 12.9. The van der Waals surface area contributed by atoms with E-state index in [2.05, 4.69) is 5.32 Å². The van der Waals surface area contributed by atoms with Gasteiger partial charge in [0.25, 0.3) is 0 Å². The smallest absolute Gasteiger partial charge is 0.247 e. The van der Waals surface area contributed by atoms with Crippen LogP contribution in [0, 0.1) is 5.82 Å². The van der Waals surface area contributed by atoms with Gasteiger partial charge < -0.3 is 10.2 Å². The van der Waals surface area contributed by atoms with E-state index in [1.54, 1.807) is 18.2 Å². The summed E-state index contributed by atoms with van der Waals surface area (Å²) in [6, 6.07) is 6.40. The van der Waals surface area contributed by atoms with Crippen molar-refractivity contribution in [2.45, 2.75) is 19.9 Å². The summed E-state index contributed by atoms with van der Waals surface area (Å²) in [4.78, 5) is 14.1. The van der Waals surface area contributed by atoms with Crippen molar-refractivity contribution in [3.05, 3.63) is 41.7 Å². The fourth-order valence-corrected chi connectivity index (χ4v) is 2.23. The van der Waals surface area contributed by atoms with E-state index in [0.717, 1.165) is 30.8 Å². The number of nitrogens with zero attached hydrogens (tertiary/aromatic N) is 1. The van der Waals surface area contributed by atoms with Crippen LogP contribution in [0.3, 0.4) is 0 Å². The normalized spacial score (nSPS) is 20.5. The van der Waals surface area contributed by atoms with Crippen molar-refractivity contribution in [2.75, 3.05) is 19.6 Å². The maximum atomic E-state index is 12.9. The van der Waals surface area contributed by atoms with Crippen LogP contribution in [-0.2, 0) is 4.79 Å². The van der Waals surface area contributed by atoms with Crippen molar-refractivity contribution in [3.63, 3.8) is 0 Å². The zero-order chi connectivity index (χ0) is 13.8. The standard InChI is InChI=1S/C15H19FN2O/c1-11(13-3-5-14(16)6-4-13)9-15(19)18-8-7-17-10-12(18)2/h3-6,9,12,17H,7-8,10H2,1-2H3. The van der Waals surface area contributed by atoms with Gasteiger partial charge >= 0.3 is 0 Å². The molecule has 102 valence electrons. The first-order valence-corrected chi connectivity index (χ1v) is 6.53. The summed E-state index contributed by atoms with van der Waals surface area (Å²) in [5, 5.41) is 3.25. The van der Waals surface area contributed by atoms with Crippen molar-refractivity contribution in [1.29, 1.82) is 0 Å². The van der Waals surface area contributed by atoms with Crippen molar-refractivity contribution in [1.82, 2.24) is 10.2 Å². The largest absolute Gasteiger partial charge is 0.334 e. The SMILES string of the molecule is CC(=CC(=O)N1CCNCC1C)c1ccc(F)cc1. The van der Waals surface area contributed by atoms with E-state index in [-0.39, 0.29) is 17.8 Å². The number of carbonyl (C=O) groups excluding carboxylic acids is 1. The van der Waals surface area contributed by atoms with Gasteiger partial charge in [0, 0.05) is 31.8 Å². The van der Waals surface area contributed by atoms with Gasteiger partial charge in [-0.25, -0.2) is 4.39 Å². The number of piperazine rings is 1. The topological polar surface area (TPSA) is 32.3 Å². The number of halogens is 1. The monoisotopic (exact) mass is 262 g/mol. The third kappa shape index (κ3) is 3.41. The summed E-state index contributed by atoms with van der Waals surface area (Å²) in [5.74, 6) is -0.241. The molecule has 0 aliphatic carbocycles. The van der Waals surface area contributed by atoms with Crippen LogP contribution in [0.4, 0.5) is 4.39 Å². The zero-order valence-electron chi connectivity index (χ0n) is 11.3. The molecule has 19 heavy (non-hydrogen) atoms. The van der Waals surface area contributed by atoms with Gasteiger partial charge in [0.05, 0.1) is 0 Å². The Morgan fingerprint density at radius 3 is 2.74 bits per heavy atom. The van der Waals surface area contributed by atoms with Gasteiger partial charge in [0.15, 0.2) is 0 Å². The lowest BCUT2D eigenvalue weighted by molar-refractivity contribution is -0.128. The highest BCUT2D eigenvalue weighted by atomic mass is 19.1. The first kappa shape index (κ1) is 13.7. The highest BCUT2D eigenvalue weighted by molar-refractivity contribution is 5.95. The summed E-state index contributed by atoms with van der Waals surface area (Å²) in [7, 11) is 0. The van der Waals surface area contributed by atoms with Crippen LogP contribution in [0.1, 0.15) is 19.4 Å². The van der Waals surface area contributed by atoms with Crippen LogP contribution in [0.25, 0.3) is 5.57 Å². The molecule has 1 heterocycles. The molecule has 2 rings (SSSR count). The van der Waals surface area contributed by atoms with E-state index in [1.165, 1.54) is 12.1 Å². The Hall–Kier alpha value is -1.68. The van der Waals surface area contributed by atoms with E-state index in [0.29, 0.717) is 0 Å². The van der Waals surface area contributed by atoms with Gasteiger partial charge in [-0.1, -0.05) is 12.1 Å². The molecule has 4 heteroatoms. The van der Waals surface area contributed by atoms with E-state index < -0.39 is 0 Å². The van der Waals surface area contributed by atoms with Crippen LogP contribution in [0.15, 0.2) is 30.3 Å². The average Bonchev–Trinajstić information content (AvgIpc) is 2.39. The molecule has 0 saturated carbocycles. The molecule has 1 aliphatic heterocycles. The first-order chi connectivity index (χ1) is 9.08. The molecule has 0 bridgehead atoms. The van der Waals surface area contributed by atoms with Gasteiger partial charge in [-0.2, -0.15) is 0 Å². The molecule has 0 spiro atoms. The number of allylic oxidation sites excluding steroid dienone is 1. The molecule has 0 radical (unpaired) electrons. The molecule has 3 nitrogen and oxygen atoms in total. The van der Waals surface area contributed by atoms with Crippen LogP contribution < -0.4 is 5.32 Å². The van der Waals surface area contributed by atoms with E-state index in [4.69, 9.17) is 0 Å². The molecular weight excluding hydrogens is 243 g/mol. The molecule has 1 unspecified atom stereocenters. The minimum Gasteiger partial charge on any atom is -0.334 e. The molecule has 1 fully saturated rings.